The van der Waals surface area contributed by atoms with E-state index in [9.17, 15) is 19.7 Å². The van der Waals surface area contributed by atoms with Gasteiger partial charge in [-0.05, 0) is 23.1 Å². The summed E-state index contributed by atoms with van der Waals surface area (Å²) >= 11 is 0. The fourth-order valence-electron chi connectivity index (χ4n) is 2.82. The van der Waals surface area contributed by atoms with Crippen LogP contribution in [0.25, 0.3) is 6.08 Å². The lowest BCUT2D eigenvalue weighted by atomic mass is 9.86. The van der Waals surface area contributed by atoms with Crippen LogP contribution in [0.1, 0.15) is 42.3 Å². The van der Waals surface area contributed by atoms with Gasteiger partial charge in [-0.25, -0.2) is 4.79 Å². The van der Waals surface area contributed by atoms with Crippen LogP contribution in [0, 0.1) is 10.1 Å². The maximum absolute atomic E-state index is 12.2. The van der Waals surface area contributed by atoms with E-state index in [0.29, 0.717) is 11.3 Å². The molecule has 2 aromatic rings. The maximum atomic E-state index is 12.2. The van der Waals surface area contributed by atoms with Crippen molar-refractivity contribution in [2.24, 2.45) is 0 Å². The molecule has 30 heavy (non-hydrogen) atoms. The standard InChI is InChI=1S/C22H21NO7/c1-22(2,3)16-7-4-14(5-8-16)18(24)12-28-21(25)9-6-15-10-19-20(30-13-29-19)11-17(15)23(26)27/h4-11H,12-13H2,1-3H3/b9-6+. The maximum Gasteiger partial charge on any atom is 0.331 e. The predicted octanol–water partition coefficient (Wildman–Crippen LogP) is 4.06. The SMILES string of the molecule is CC(C)(C)c1ccc(C(=O)COC(=O)/C=C/c2cc3c(cc2[N+](=O)[O-])OCO3)cc1. The first-order valence-corrected chi connectivity index (χ1v) is 9.22. The van der Waals surface area contributed by atoms with Gasteiger partial charge in [0.2, 0.25) is 6.79 Å². The van der Waals surface area contributed by atoms with E-state index in [0.717, 1.165) is 11.6 Å². The molecule has 1 aliphatic heterocycles. The molecule has 156 valence electrons. The summed E-state index contributed by atoms with van der Waals surface area (Å²) in [4.78, 5) is 34.9. The number of rotatable bonds is 6. The Balaban J connectivity index is 1.63. The smallest absolute Gasteiger partial charge is 0.331 e. The molecule has 0 fully saturated rings. The van der Waals surface area contributed by atoms with Crippen LogP contribution < -0.4 is 9.47 Å². The Hall–Kier alpha value is -3.68. The minimum atomic E-state index is -0.790. The monoisotopic (exact) mass is 411 g/mol. The van der Waals surface area contributed by atoms with Crippen molar-refractivity contribution in [3.8, 4) is 11.5 Å². The molecule has 8 heteroatoms. The summed E-state index contributed by atoms with van der Waals surface area (Å²) in [6.07, 6.45) is 2.27. The lowest BCUT2D eigenvalue weighted by Crippen LogP contribution is -2.14. The minimum absolute atomic E-state index is 0.0272. The molecule has 1 heterocycles. The van der Waals surface area contributed by atoms with E-state index >= 15 is 0 Å². The number of nitro groups is 1. The molecule has 2 aromatic carbocycles. The van der Waals surface area contributed by atoms with Gasteiger partial charge < -0.3 is 14.2 Å². The van der Waals surface area contributed by atoms with Crippen LogP contribution in [0.2, 0.25) is 0 Å². The number of benzene rings is 2. The second kappa shape index (κ2) is 8.36. The quantitative estimate of drug-likeness (QED) is 0.232. The van der Waals surface area contributed by atoms with Crippen LogP contribution in [0.15, 0.2) is 42.5 Å². The van der Waals surface area contributed by atoms with Gasteiger partial charge in [0.05, 0.1) is 16.6 Å². The van der Waals surface area contributed by atoms with Crippen LogP contribution >= 0.6 is 0 Å². The summed E-state index contributed by atoms with van der Waals surface area (Å²) in [7, 11) is 0. The third kappa shape index (κ3) is 4.83. The number of carbonyl (C=O) groups is 2. The van der Waals surface area contributed by atoms with Crippen LogP contribution in [-0.4, -0.2) is 30.1 Å². The first kappa shape index (κ1) is 21.0. The van der Waals surface area contributed by atoms with Crippen LogP contribution in [0.4, 0.5) is 5.69 Å². The molecule has 0 saturated heterocycles. The highest BCUT2D eigenvalue weighted by molar-refractivity contribution is 5.99. The van der Waals surface area contributed by atoms with E-state index in [4.69, 9.17) is 14.2 Å². The Labute approximate surface area is 173 Å². The van der Waals surface area contributed by atoms with Gasteiger partial charge in [-0.3, -0.25) is 14.9 Å². The summed E-state index contributed by atoms with van der Waals surface area (Å²) in [5, 5.41) is 11.2. The van der Waals surface area contributed by atoms with Crippen molar-refractivity contribution in [3.05, 3.63) is 69.3 Å². The molecule has 1 aliphatic rings. The molecule has 8 nitrogen and oxygen atoms in total. The fourth-order valence-corrected chi connectivity index (χ4v) is 2.82. The van der Waals surface area contributed by atoms with Crippen molar-refractivity contribution in [3.63, 3.8) is 0 Å². The summed E-state index contributed by atoms with van der Waals surface area (Å²) in [5.41, 5.74) is 1.41. The van der Waals surface area contributed by atoms with Crippen LogP contribution in [0.3, 0.4) is 0 Å². The Morgan fingerprint density at radius 3 is 2.37 bits per heavy atom. The van der Waals surface area contributed by atoms with E-state index in [2.05, 4.69) is 20.8 Å². The molecule has 0 aromatic heterocycles. The third-order valence-electron chi connectivity index (χ3n) is 4.54. The number of ketones is 1. The summed E-state index contributed by atoms with van der Waals surface area (Å²) in [5.74, 6) is -0.514. The number of nitro benzene ring substituents is 1. The van der Waals surface area contributed by atoms with Gasteiger partial charge in [0.1, 0.15) is 0 Å². The first-order chi connectivity index (χ1) is 14.1. The number of ether oxygens (including phenoxy) is 3. The average Bonchev–Trinajstić information content (AvgIpc) is 3.16. The number of fused-ring (bicyclic) bond motifs is 1. The van der Waals surface area contributed by atoms with Crippen molar-refractivity contribution in [2.75, 3.05) is 13.4 Å². The molecule has 0 amide bonds. The average molecular weight is 411 g/mol. The van der Waals surface area contributed by atoms with E-state index in [-0.39, 0.29) is 35.0 Å². The molecule has 0 spiro atoms. The zero-order valence-electron chi connectivity index (χ0n) is 16.8. The Bertz CT molecular complexity index is 1020. The van der Waals surface area contributed by atoms with Gasteiger partial charge >= 0.3 is 5.97 Å². The molecule has 0 bridgehead atoms. The lowest BCUT2D eigenvalue weighted by molar-refractivity contribution is -0.385. The highest BCUT2D eigenvalue weighted by atomic mass is 16.7. The van der Waals surface area contributed by atoms with Gasteiger partial charge in [0.25, 0.3) is 5.69 Å². The molecule has 0 radical (unpaired) electrons. The Morgan fingerprint density at radius 2 is 1.77 bits per heavy atom. The van der Waals surface area contributed by atoms with Crippen molar-refractivity contribution < 1.29 is 28.7 Å². The summed E-state index contributed by atoms with van der Waals surface area (Å²) in [6, 6.07) is 9.77. The first-order valence-electron chi connectivity index (χ1n) is 9.22. The number of hydrogen-bond donors (Lipinski definition) is 0. The van der Waals surface area contributed by atoms with Crippen LogP contribution in [0.5, 0.6) is 11.5 Å². The molecule has 0 aliphatic carbocycles. The largest absolute Gasteiger partial charge is 0.454 e. The van der Waals surface area contributed by atoms with E-state index in [1.54, 1.807) is 12.1 Å². The third-order valence-corrected chi connectivity index (χ3v) is 4.54. The molecular formula is C22H21NO7. The molecule has 0 unspecified atom stereocenters. The van der Waals surface area contributed by atoms with Crippen molar-refractivity contribution in [1.82, 2.24) is 0 Å². The highest BCUT2D eigenvalue weighted by Gasteiger charge is 2.22. The van der Waals surface area contributed by atoms with Gasteiger partial charge in [0.15, 0.2) is 23.9 Å². The number of hydrogen-bond acceptors (Lipinski definition) is 7. The van der Waals surface area contributed by atoms with Gasteiger partial charge in [0, 0.05) is 11.6 Å². The molecule has 3 rings (SSSR count). The van der Waals surface area contributed by atoms with Crippen molar-refractivity contribution in [2.45, 2.75) is 26.2 Å². The number of carbonyl (C=O) groups excluding carboxylic acids is 2. The van der Waals surface area contributed by atoms with E-state index < -0.39 is 17.5 Å². The van der Waals surface area contributed by atoms with Crippen molar-refractivity contribution >= 4 is 23.5 Å². The second-order valence-corrected chi connectivity index (χ2v) is 7.71. The Kier molecular flexibility index (Phi) is 5.86. The van der Waals surface area contributed by atoms with Crippen molar-refractivity contribution in [1.29, 1.82) is 0 Å². The molecule has 0 N–H and O–H groups in total. The minimum Gasteiger partial charge on any atom is -0.454 e. The lowest BCUT2D eigenvalue weighted by Gasteiger charge is -2.18. The molecule has 0 atom stereocenters. The summed E-state index contributed by atoms with van der Waals surface area (Å²) in [6.45, 7) is 5.76. The normalized spacial score (nSPS) is 12.8. The summed E-state index contributed by atoms with van der Waals surface area (Å²) < 4.78 is 15.3. The van der Waals surface area contributed by atoms with E-state index in [1.807, 2.05) is 12.1 Å². The highest BCUT2D eigenvalue weighted by Crippen LogP contribution is 2.38. The van der Waals surface area contributed by atoms with Gasteiger partial charge in [-0.2, -0.15) is 0 Å². The zero-order valence-corrected chi connectivity index (χ0v) is 16.8. The van der Waals surface area contributed by atoms with Crippen LogP contribution in [-0.2, 0) is 14.9 Å². The second-order valence-electron chi connectivity index (χ2n) is 7.71. The number of nitrogens with zero attached hydrogens (tertiary/aromatic N) is 1. The number of Topliss-reactive ketones (excluding diaryl/α,β-unsaturated/α-hetero) is 1. The Morgan fingerprint density at radius 1 is 1.13 bits per heavy atom. The number of esters is 1. The fraction of sp³-hybridized carbons (Fsp3) is 0.273. The van der Waals surface area contributed by atoms with E-state index in [1.165, 1.54) is 18.2 Å². The van der Waals surface area contributed by atoms with Gasteiger partial charge in [-0.1, -0.05) is 45.0 Å². The molecular weight excluding hydrogens is 390 g/mol. The zero-order chi connectivity index (χ0) is 21.9. The predicted molar refractivity (Wildman–Crippen MR) is 109 cm³/mol. The molecule has 0 saturated carbocycles. The topological polar surface area (TPSA) is 105 Å². The van der Waals surface area contributed by atoms with Gasteiger partial charge in [-0.15, -0.1) is 0 Å².